The molecule has 42 valence electrons. The summed E-state index contributed by atoms with van der Waals surface area (Å²) in [7, 11) is 0. The molecule has 0 amide bonds. The largest absolute Gasteiger partial charge is 0.123 e. The Morgan fingerprint density at radius 2 is 2.14 bits per heavy atom. The van der Waals surface area contributed by atoms with Crippen LogP contribution in [0, 0.1) is 5.92 Å². The van der Waals surface area contributed by atoms with Crippen molar-refractivity contribution in [1.82, 2.24) is 0 Å². The van der Waals surface area contributed by atoms with Gasteiger partial charge in [0.2, 0.25) is 0 Å². The number of rotatable bonds is 0. The van der Waals surface area contributed by atoms with Crippen LogP contribution in [0.5, 0.6) is 0 Å². The van der Waals surface area contributed by atoms with Crippen molar-refractivity contribution in [2.75, 3.05) is 0 Å². The smallest absolute Gasteiger partial charge is 0.0338 e. The summed E-state index contributed by atoms with van der Waals surface area (Å²) in [6, 6.07) is 0. The molecule has 1 aliphatic rings. The predicted molar refractivity (Wildman–Crippen MR) is 32.7 cm³/mol. The van der Waals surface area contributed by atoms with Crippen molar-refractivity contribution >= 4 is 11.6 Å². The summed E-state index contributed by atoms with van der Waals surface area (Å²) in [4.78, 5) is 0. The van der Waals surface area contributed by atoms with Gasteiger partial charge in [-0.15, -0.1) is 11.6 Å². The second kappa shape index (κ2) is 2.04. The quantitative estimate of drug-likeness (QED) is 0.429. The average Bonchev–Trinajstić information content (AvgIpc) is 1.87. The molecule has 1 rings (SSSR count). The standard InChI is InChI=1S/C6H11Cl/c1-5-2-3-6(7)4-5/h5-6H,2-4H2,1H3/t5-,6+/m0/s1. The maximum absolute atomic E-state index is 5.81. The van der Waals surface area contributed by atoms with E-state index in [4.69, 9.17) is 11.6 Å². The molecule has 2 atom stereocenters. The molecule has 0 aromatic carbocycles. The third-order valence-corrected chi connectivity index (χ3v) is 2.03. The Morgan fingerprint density at radius 1 is 1.43 bits per heavy atom. The van der Waals surface area contributed by atoms with Crippen LogP contribution < -0.4 is 0 Å². The zero-order chi connectivity index (χ0) is 5.28. The number of alkyl halides is 1. The Morgan fingerprint density at radius 3 is 2.29 bits per heavy atom. The Hall–Kier alpha value is 0.290. The zero-order valence-electron chi connectivity index (χ0n) is 4.65. The van der Waals surface area contributed by atoms with E-state index < -0.39 is 0 Å². The molecule has 0 spiro atoms. The minimum atomic E-state index is 0.495. The lowest BCUT2D eigenvalue weighted by atomic mass is 10.2. The molecule has 1 aliphatic carbocycles. The lowest BCUT2D eigenvalue weighted by Gasteiger charge is -1.94. The van der Waals surface area contributed by atoms with Crippen LogP contribution in [0.4, 0.5) is 0 Å². The van der Waals surface area contributed by atoms with Crippen molar-refractivity contribution in [3.63, 3.8) is 0 Å². The van der Waals surface area contributed by atoms with E-state index in [-0.39, 0.29) is 0 Å². The van der Waals surface area contributed by atoms with E-state index in [2.05, 4.69) is 6.92 Å². The Bertz CT molecular complexity index is 53.2. The van der Waals surface area contributed by atoms with Crippen LogP contribution in [0.3, 0.4) is 0 Å². The Balaban J connectivity index is 2.26. The van der Waals surface area contributed by atoms with Crippen LogP contribution in [-0.2, 0) is 0 Å². The summed E-state index contributed by atoms with van der Waals surface area (Å²) in [6.07, 6.45) is 3.82. The SMILES string of the molecule is C[C@H]1CC[C@@H](Cl)C1. The van der Waals surface area contributed by atoms with Crippen molar-refractivity contribution in [3.8, 4) is 0 Å². The first-order valence-electron chi connectivity index (χ1n) is 2.93. The van der Waals surface area contributed by atoms with Gasteiger partial charge < -0.3 is 0 Å². The van der Waals surface area contributed by atoms with Gasteiger partial charge in [0.05, 0.1) is 0 Å². The van der Waals surface area contributed by atoms with Gasteiger partial charge in [-0.1, -0.05) is 6.92 Å². The molecule has 0 unspecified atom stereocenters. The maximum Gasteiger partial charge on any atom is 0.0338 e. The fourth-order valence-corrected chi connectivity index (χ4v) is 1.57. The summed E-state index contributed by atoms with van der Waals surface area (Å²) < 4.78 is 0. The molecule has 0 nitrogen and oxygen atoms in total. The number of halogens is 1. The summed E-state index contributed by atoms with van der Waals surface area (Å²) >= 11 is 5.81. The van der Waals surface area contributed by atoms with Crippen molar-refractivity contribution in [2.45, 2.75) is 31.6 Å². The highest BCUT2D eigenvalue weighted by atomic mass is 35.5. The molecule has 0 radical (unpaired) electrons. The fourth-order valence-electron chi connectivity index (χ4n) is 1.14. The third kappa shape index (κ3) is 1.34. The summed E-state index contributed by atoms with van der Waals surface area (Å²) in [5.41, 5.74) is 0. The second-order valence-electron chi connectivity index (χ2n) is 2.52. The van der Waals surface area contributed by atoms with Crippen LogP contribution in [0.1, 0.15) is 26.2 Å². The molecule has 0 N–H and O–H groups in total. The van der Waals surface area contributed by atoms with Gasteiger partial charge in [0, 0.05) is 5.38 Å². The van der Waals surface area contributed by atoms with E-state index in [1.54, 1.807) is 0 Å². The van der Waals surface area contributed by atoms with Gasteiger partial charge in [-0.2, -0.15) is 0 Å². The van der Waals surface area contributed by atoms with Gasteiger partial charge in [-0.3, -0.25) is 0 Å². The molecule has 1 heteroatoms. The molecule has 1 fully saturated rings. The topological polar surface area (TPSA) is 0 Å². The molecule has 0 heterocycles. The number of hydrogen-bond donors (Lipinski definition) is 0. The first kappa shape index (κ1) is 5.43. The maximum atomic E-state index is 5.81. The summed E-state index contributed by atoms with van der Waals surface area (Å²) in [5.74, 6) is 0.891. The van der Waals surface area contributed by atoms with Gasteiger partial charge in [-0.25, -0.2) is 0 Å². The zero-order valence-corrected chi connectivity index (χ0v) is 5.41. The number of hydrogen-bond acceptors (Lipinski definition) is 0. The van der Waals surface area contributed by atoms with E-state index in [0.29, 0.717) is 5.38 Å². The fraction of sp³-hybridized carbons (Fsp3) is 1.00. The van der Waals surface area contributed by atoms with Crippen molar-refractivity contribution < 1.29 is 0 Å². The summed E-state index contributed by atoms with van der Waals surface area (Å²) in [6.45, 7) is 2.27. The molecule has 1 saturated carbocycles. The highest BCUT2D eigenvalue weighted by molar-refractivity contribution is 6.20. The van der Waals surface area contributed by atoms with E-state index >= 15 is 0 Å². The molecule has 7 heavy (non-hydrogen) atoms. The lowest BCUT2D eigenvalue weighted by molar-refractivity contribution is 0.613. The van der Waals surface area contributed by atoms with Gasteiger partial charge >= 0.3 is 0 Å². The monoisotopic (exact) mass is 118 g/mol. The normalized spacial score (nSPS) is 42.0. The average molecular weight is 119 g/mol. The van der Waals surface area contributed by atoms with Crippen LogP contribution in [-0.4, -0.2) is 5.38 Å². The highest BCUT2D eigenvalue weighted by Crippen LogP contribution is 2.28. The van der Waals surface area contributed by atoms with Crippen molar-refractivity contribution in [2.24, 2.45) is 5.92 Å². The predicted octanol–water partition coefficient (Wildman–Crippen LogP) is 2.41. The van der Waals surface area contributed by atoms with E-state index in [1.807, 2.05) is 0 Å². The van der Waals surface area contributed by atoms with E-state index in [9.17, 15) is 0 Å². The lowest BCUT2D eigenvalue weighted by Crippen LogP contribution is -1.87. The van der Waals surface area contributed by atoms with E-state index in [1.165, 1.54) is 19.3 Å². The molecule has 0 bridgehead atoms. The third-order valence-electron chi connectivity index (χ3n) is 1.63. The Labute approximate surface area is 49.9 Å². The van der Waals surface area contributed by atoms with Crippen LogP contribution in [0.15, 0.2) is 0 Å². The van der Waals surface area contributed by atoms with Crippen LogP contribution >= 0.6 is 11.6 Å². The van der Waals surface area contributed by atoms with Crippen LogP contribution in [0.25, 0.3) is 0 Å². The van der Waals surface area contributed by atoms with Crippen LogP contribution in [0.2, 0.25) is 0 Å². The van der Waals surface area contributed by atoms with Gasteiger partial charge in [0.25, 0.3) is 0 Å². The Kier molecular flexibility index (Phi) is 1.58. The van der Waals surface area contributed by atoms with E-state index in [0.717, 1.165) is 5.92 Å². The van der Waals surface area contributed by atoms with Gasteiger partial charge in [0.1, 0.15) is 0 Å². The second-order valence-corrected chi connectivity index (χ2v) is 3.13. The highest BCUT2D eigenvalue weighted by Gasteiger charge is 2.17. The summed E-state index contributed by atoms with van der Waals surface area (Å²) in [5, 5.41) is 0.495. The molecule has 0 aromatic rings. The molecule has 0 aromatic heterocycles. The minimum Gasteiger partial charge on any atom is -0.123 e. The van der Waals surface area contributed by atoms with Gasteiger partial charge in [-0.05, 0) is 25.2 Å². The molecule has 0 aliphatic heterocycles. The first-order valence-corrected chi connectivity index (χ1v) is 3.36. The molecular formula is C6H11Cl. The van der Waals surface area contributed by atoms with Gasteiger partial charge in [0.15, 0.2) is 0 Å². The minimum absolute atomic E-state index is 0.495. The molecular weight excluding hydrogens is 108 g/mol. The van der Waals surface area contributed by atoms with Crippen molar-refractivity contribution in [3.05, 3.63) is 0 Å². The first-order chi connectivity index (χ1) is 3.29. The van der Waals surface area contributed by atoms with Crippen molar-refractivity contribution in [1.29, 1.82) is 0 Å². The molecule has 0 saturated heterocycles.